The first-order valence-corrected chi connectivity index (χ1v) is 8.64. The van der Waals surface area contributed by atoms with Gasteiger partial charge < -0.3 is 10.6 Å². The molecule has 1 fully saturated rings. The molecule has 1 atom stereocenters. The smallest absolute Gasteiger partial charge is 0.257 e. The summed E-state index contributed by atoms with van der Waals surface area (Å²) in [5, 5.41) is 0. The number of carbonyl (C=O) groups is 1. The molecule has 1 aliphatic rings. The highest BCUT2D eigenvalue weighted by Crippen LogP contribution is 2.23. The predicted octanol–water partition coefficient (Wildman–Crippen LogP) is 1.37. The molecule has 0 radical (unpaired) electrons. The number of nitrogens with two attached hydrogens (primary N) is 1. The number of sulfone groups is 1. The summed E-state index contributed by atoms with van der Waals surface area (Å²) in [5.41, 5.74) is 6.18. The molecule has 2 rings (SSSR count). The van der Waals surface area contributed by atoms with E-state index in [0.717, 1.165) is 0 Å². The Morgan fingerprint density at radius 3 is 2.67 bits per heavy atom. The number of hydrogen-bond donors (Lipinski definition) is 1. The molecule has 21 heavy (non-hydrogen) atoms. The summed E-state index contributed by atoms with van der Waals surface area (Å²) in [6, 6.07) is 2.37. The van der Waals surface area contributed by atoms with Gasteiger partial charge in [-0.05, 0) is 38.0 Å². The van der Waals surface area contributed by atoms with Crippen molar-refractivity contribution in [3.05, 3.63) is 29.1 Å². The predicted molar refractivity (Wildman–Crippen MR) is 79.3 cm³/mol. The summed E-state index contributed by atoms with van der Waals surface area (Å²) < 4.78 is 37.3. The molecule has 2 N–H and O–H groups in total. The number of nitrogens with zero attached hydrogens (tertiary/aromatic N) is 1. The van der Waals surface area contributed by atoms with Crippen molar-refractivity contribution in [2.75, 3.05) is 23.8 Å². The highest BCUT2D eigenvalue weighted by atomic mass is 32.2. The second-order valence-corrected chi connectivity index (χ2v) is 7.58. The van der Waals surface area contributed by atoms with E-state index >= 15 is 0 Å². The van der Waals surface area contributed by atoms with Crippen molar-refractivity contribution in [1.82, 2.24) is 4.90 Å². The van der Waals surface area contributed by atoms with Crippen molar-refractivity contribution < 1.29 is 17.6 Å². The van der Waals surface area contributed by atoms with Crippen molar-refractivity contribution in [3.8, 4) is 0 Å². The largest absolute Gasteiger partial charge is 0.399 e. The Hall–Kier alpha value is -1.63. The Labute approximate surface area is 123 Å². The lowest BCUT2D eigenvalue weighted by Crippen LogP contribution is -2.41. The minimum Gasteiger partial charge on any atom is -0.399 e. The van der Waals surface area contributed by atoms with Crippen LogP contribution in [-0.2, 0) is 9.84 Å². The summed E-state index contributed by atoms with van der Waals surface area (Å²) in [4.78, 5) is 14.0. The maximum absolute atomic E-state index is 14.1. The van der Waals surface area contributed by atoms with Crippen molar-refractivity contribution in [2.24, 2.45) is 0 Å². The van der Waals surface area contributed by atoms with Crippen LogP contribution in [0.25, 0.3) is 0 Å². The fraction of sp³-hybridized carbons (Fsp3) is 0.500. The van der Waals surface area contributed by atoms with Gasteiger partial charge in [0.1, 0.15) is 5.82 Å². The second kappa shape index (κ2) is 5.63. The van der Waals surface area contributed by atoms with Crippen molar-refractivity contribution in [2.45, 2.75) is 26.3 Å². The number of rotatable bonds is 3. The molecule has 0 bridgehead atoms. The van der Waals surface area contributed by atoms with Gasteiger partial charge in [0.25, 0.3) is 5.91 Å². The zero-order chi connectivity index (χ0) is 15.8. The summed E-state index contributed by atoms with van der Waals surface area (Å²) in [6.45, 7) is 3.62. The summed E-state index contributed by atoms with van der Waals surface area (Å²) in [6.07, 6.45) is 0.394. The quantitative estimate of drug-likeness (QED) is 0.854. The van der Waals surface area contributed by atoms with Gasteiger partial charge >= 0.3 is 0 Å². The normalized spacial score (nSPS) is 20.4. The first-order chi connectivity index (χ1) is 9.75. The molecular formula is C14H19FN2O3S. The maximum Gasteiger partial charge on any atom is 0.257 e. The summed E-state index contributed by atoms with van der Waals surface area (Å²) in [7, 11) is -3.11. The van der Waals surface area contributed by atoms with Crippen LogP contribution in [0.4, 0.5) is 10.1 Å². The van der Waals surface area contributed by atoms with Crippen molar-refractivity contribution in [1.29, 1.82) is 0 Å². The van der Waals surface area contributed by atoms with Gasteiger partial charge in [0.05, 0.1) is 17.1 Å². The van der Waals surface area contributed by atoms with E-state index in [-0.39, 0.29) is 17.1 Å². The number of nitrogen functional groups attached to an aromatic ring is 1. The molecule has 1 unspecified atom stereocenters. The highest BCUT2D eigenvalue weighted by molar-refractivity contribution is 7.91. The van der Waals surface area contributed by atoms with Gasteiger partial charge in [-0.3, -0.25) is 4.79 Å². The third-order valence-corrected chi connectivity index (χ3v) is 5.51. The zero-order valence-corrected chi connectivity index (χ0v) is 12.9. The Morgan fingerprint density at radius 2 is 2.14 bits per heavy atom. The summed E-state index contributed by atoms with van der Waals surface area (Å²) in [5.74, 6) is -1.10. The molecule has 1 saturated heterocycles. The average Bonchev–Trinajstić information content (AvgIpc) is 2.74. The molecule has 1 amide bonds. The Balaban J connectivity index is 2.34. The van der Waals surface area contributed by atoms with E-state index in [2.05, 4.69) is 0 Å². The van der Waals surface area contributed by atoms with Crippen LogP contribution >= 0.6 is 0 Å². The van der Waals surface area contributed by atoms with Gasteiger partial charge in [0.15, 0.2) is 9.84 Å². The molecule has 7 heteroatoms. The maximum atomic E-state index is 14.1. The van der Waals surface area contributed by atoms with Crippen LogP contribution in [0.1, 0.15) is 29.3 Å². The monoisotopic (exact) mass is 314 g/mol. The molecule has 1 aliphatic heterocycles. The molecule has 116 valence electrons. The van der Waals surface area contributed by atoms with Crippen LogP contribution in [0.5, 0.6) is 0 Å². The molecule has 1 aromatic rings. The average molecular weight is 314 g/mol. The fourth-order valence-corrected chi connectivity index (χ4v) is 4.43. The summed E-state index contributed by atoms with van der Waals surface area (Å²) >= 11 is 0. The van der Waals surface area contributed by atoms with Gasteiger partial charge in [0.2, 0.25) is 0 Å². The third-order valence-electron chi connectivity index (χ3n) is 3.76. The Morgan fingerprint density at radius 1 is 1.48 bits per heavy atom. The number of amides is 1. The molecule has 1 aromatic carbocycles. The van der Waals surface area contributed by atoms with E-state index in [0.29, 0.717) is 24.2 Å². The molecule has 0 aromatic heterocycles. The van der Waals surface area contributed by atoms with Gasteiger partial charge in [0, 0.05) is 18.3 Å². The van der Waals surface area contributed by atoms with Crippen LogP contribution < -0.4 is 5.73 Å². The SMILES string of the molecule is CCN(C(=O)c1cc(N)cc(C)c1F)C1CCS(=O)(=O)C1. The number of aryl methyl sites for hydroxylation is 1. The standard InChI is InChI=1S/C14H19FN2O3S/c1-3-17(11-4-5-21(19,20)8-11)14(18)12-7-10(16)6-9(2)13(12)15/h6-7,11H,3-5,8,16H2,1-2H3. The van der Waals surface area contributed by atoms with Crippen LogP contribution in [0.3, 0.4) is 0 Å². The van der Waals surface area contributed by atoms with Gasteiger partial charge in [-0.25, -0.2) is 12.8 Å². The first kappa shape index (κ1) is 15.8. The Kier molecular flexibility index (Phi) is 4.22. The van der Waals surface area contributed by atoms with Crippen LogP contribution in [0.2, 0.25) is 0 Å². The van der Waals surface area contributed by atoms with E-state index < -0.39 is 27.6 Å². The number of hydrogen-bond acceptors (Lipinski definition) is 4. The van der Waals surface area contributed by atoms with Gasteiger partial charge in [-0.2, -0.15) is 0 Å². The van der Waals surface area contributed by atoms with E-state index in [9.17, 15) is 17.6 Å². The highest BCUT2D eigenvalue weighted by Gasteiger charge is 2.35. The number of carbonyl (C=O) groups excluding carboxylic acids is 1. The van der Waals surface area contributed by atoms with Crippen LogP contribution in [0, 0.1) is 12.7 Å². The topological polar surface area (TPSA) is 80.5 Å². The zero-order valence-electron chi connectivity index (χ0n) is 12.1. The lowest BCUT2D eigenvalue weighted by molar-refractivity contribution is 0.0703. The molecule has 0 aliphatic carbocycles. The minimum absolute atomic E-state index is 0.0600. The number of anilines is 1. The molecule has 0 saturated carbocycles. The molecule has 1 heterocycles. The Bertz CT molecular complexity index is 673. The van der Waals surface area contributed by atoms with Crippen LogP contribution in [-0.4, -0.2) is 43.3 Å². The molecule has 5 nitrogen and oxygen atoms in total. The van der Waals surface area contributed by atoms with Gasteiger partial charge in [-0.1, -0.05) is 0 Å². The van der Waals surface area contributed by atoms with E-state index in [1.807, 2.05) is 0 Å². The van der Waals surface area contributed by atoms with Crippen LogP contribution in [0.15, 0.2) is 12.1 Å². The third kappa shape index (κ3) is 3.18. The number of halogens is 1. The first-order valence-electron chi connectivity index (χ1n) is 6.82. The van der Waals surface area contributed by atoms with E-state index in [1.54, 1.807) is 13.8 Å². The number of benzene rings is 1. The lowest BCUT2D eigenvalue weighted by atomic mass is 10.1. The lowest BCUT2D eigenvalue weighted by Gasteiger charge is -2.27. The molecular weight excluding hydrogens is 295 g/mol. The molecule has 0 spiro atoms. The minimum atomic E-state index is -3.11. The van der Waals surface area contributed by atoms with Crippen molar-refractivity contribution in [3.63, 3.8) is 0 Å². The van der Waals surface area contributed by atoms with E-state index in [1.165, 1.54) is 17.0 Å². The second-order valence-electron chi connectivity index (χ2n) is 5.35. The fourth-order valence-electron chi connectivity index (χ4n) is 2.70. The van der Waals surface area contributed by atoms with Gasteiger partial charge in [-0.15, -0.1) is 0 Å². The van der Waals surface area contributed by atoms with Crippen molar-refractivity contribution >= 4 is 21.4 Å². The van der Waals surface area contributed by atoms with E-state index in [4.69, 9.17) is 5.73 Å².